The Morgan fingerprint density at radius 1 is 1.00 bits per heavy atom. The molecule has 0 aliphatic carbocycles. The first-order valence-electron chi connectivity index (χ1n) is 14.5. The molecule has 3 aliphatic heterocycles. The number of aromatic nitrogens is 2. The molecule has 2 bridgehead atoms. The number of hydrogen-bond donors (Lipinski definition) is 1. The molecule has 13 heteroatoms. The zero-order chi connectivity index (χ0) is 30.2. The number of carbonyl (C=O) groups excluding carboxylic acids is 2. The first-order valence-corrected chi connectivity index (χ1v) is 14.5. The first-order chi connectivity index (χ1) is 19.8. The third kappa shape index (κ3) is 7.02. The molecule has 5 rings (SSSR count). The van der Waals surface area contributed by atoms with Gasteiger partial charge in [-0.05, 0) is 59.9 Å². The quantitative estimate of drug-likeness (QED) is 0.509. The number of carbonyl (C=O) groups is 2. The van der Waals surface area contributed by atoms with Crippen LogP contribution in [0.4, 0.5) is 9.59 Å². The van der Waals surface area contributed by atoms with Crippen molar-refractivity contribution < 1.29 is 33.4 Å². The maximum absolute atomic E-state index is 13.2. The summed E-state index contributed by atoms with van der Waals surface area (Å²) in [7, 11) is 0. The van der Waals surface area contributed by atoms with E-state index >= 15 is 0 Å². The van der Waals surface area contributed by atoms with Crippen LogP contribution in [0.5, 0.6) is 0 Å². The van der Waals surface area contributed by atoms with Crippen LogP contribution >= 0.6 is 0 Å². The molecule has 0 radical (unpaired) electrons. The topological polar surface area (TPSA) is 134 Å². The Hall–Kier alpha value is -3.26. The highest BCUT2D eigenvalue weighted by atomic mass is 16.7. The summed E-state index contributed by atoms with van der Waals surface area (Å²) in [6.07, 6.45) is -0.411. The predicted octanol–water partition coefficient (Wildman–Crippen LogP) is 3.65. The molecule has 230 valence electrons. The van der Waals surface area contributed by atoms with Gasteiger partial charge in [0, 0.05) is 19.6 Å². The monoisotopic (exact) mass is 586 g/mol. The standard InChI is InChI=1S/C29H42N6O7/c1-28(2,3)41-26(37)32-14-21(15-32)33(27(38)42-29(4,5)6)17-23-30-31-24(40-23)22-13-12-20-16-34(22)25(36)35(20)39-18-19-10-8-7-9-11-19/h7-11,20-22,25,36H,12-18H2,1-6H3. The number of likely N-dealkylation sites (tertiary alicyclic amines) is 1. The van der Waals surface area contributed by atoms with E-state index in [4.69, 9.17) is 18.7 Å². The van der Waals surface area contributed by atoms with Gasteiger partial charge in [-0.25, -0.2) is 9.59 Å². The Morgan fingerprint density at radius 2 is 1.69 bits per heavy atom. The van der Waals surface area contributed by atoms with Crippen LogP contribution in [-0.2, 0) is 27.5 Å². The molecule has 13 nitrogen and oxygen atoms in total. The molecule has 4 unspecified atom stereocenters. The smallest absolute Gasteiger partial charge is 0.411 e. The number of piperidine rings is 1. The van der Waals surface area contributed by atoms with Gasteiger partial charge in [-0.15, -0.1) is 15.3 Å². The van der Waals surface area contributed by atoms with Crippen LogP contribution in [0.3, 0.4) is 0 Å². The Labute approximate surface area is 246 Å². The third-order valence-electron chi connectivity index (χ3n) is 7.36. The third-order valence-corrected chi connectivity index (χ3v) is 7.36. The van der Waals surface area contributed by atoms with Crippen molar-refractivity contribution in [3.8, 4) is 0 Å². The van der Waals surface area contributed by atoms with Crippen LogP contribution in [0.1, 0.15) is 77.8 Å². The molecular formula is C29H42N6O7. The molecule has 1 N–H and O–H groups in total. The van der Waals surface area contributed by atoms with Crippen molar-refractivity contribution in [2.45, 2.75) is 103 Å². The fourth-order valence-corrected chi connectivity index (χ4v) is 5.34. The van der Waals surface area contributed by atoms with Gasteiger partial charge in [-0.2, -0.15) is 0 Å². The largest absolute Gasteiger partial charge is 0.444 e. The summed E-state index contributed by atoms with van der Waals surface area (Å²) in [5.41, 5.74) is -0.294. The highest BCUT2D eigenvalue weighted by molar-refractivity contribution is 5.72. The van der Waals surface area contributed by atoms with Crippen molar-refractivity contribution in [1.82, 2.24) is 30.0 Å². The van der Waals surface area contributed by atoms with Gasteiger partial charge in [-0.1, -0.05) is 30.3 Å². The van der Waals surface area contributed by atoms with Crippen molar-refractivity contribution in [3.63, 3.8) is 0 Å². The van der Waals surface area contributed by atoms with Crippen molar-refractivity contribution >= 4 is 12.2 Å². The summed E-state index contributed by atoms with van der Waals surface area (Å²) in [5.74, 6) is 0.625. The number of aliphatic hydroxyl groups is 1. The summed E-state index contributed by atoms with van der Waals surface area (Å²) >= 11 is 0. The van der Waals surface area contributed by atoms with Gasteiger partial charge in [0.2, 0.25) is 11.8 Å². The summed E-state index contributed by atoms with van der Waals surface area (Å²) in [6, 6.07) is 9.29. The maximum atomic E-state index is 13.2. The van der Waals surface area contributed by atoms with Crippen LogP contribution < -0.4 is 0 Å². The lowest BCUT2D eigenvalue weighted by atomic mass is 10.0. The normalized spacial score (nSPS) is 24.8. The zero-order valence-corrected chi connectivity index (χ0v) is 25.2. The van der Waals surface area contributed by atoms with E-state index in [0.29, 0.717) is 38.6 Å². The van der Waals surface area contributed by atoms with Gasteiger partial charge in [0.15, 0.2) is 6.35 Å². The molecule has 3 saturated heterocycles. The van der Waals surface area contributed by atoms with Gasteiger partial charge in [0.25, 0.3) is 0 Å². The van der Waals surface area contributed by atoms with Crippen molar-refractivity contribution in [1.29, 1.82) is 0 Å². The van der Waals surface area contributed by atoms with Gasteiger partial charge in [0.1, 0.15) is 17.7 Å². The molecule has 3 aliphatic rings. The van der Waals surface area contributed by atoms with Gasteiger partial charge in [-0.3, -0.25) is 14.6 Å². The van der Waals surface area contributed by atoms with E-state index in [9.17, 15) is 14.7 Å². The molecular weight excluding hydrogens is 544 g/mol. The molecule has 0 saturated carbocycles. The Kier molecular flexibility index (Phi) is 8.48. The number of nitrogens with zero attached hydrogens (tertiary/aromatic N) is 6. The molecule has 4 atom stereocenters. The molecule has 1 aromatic carbocycles. The SMILES string of the molecule is CC(C)(C)OC(=O)N1CC(N(Cc2nnc(C3CCC4CN3C(O)N4OCc3ccccc3)o2)C(=O)OC(C)(C)C)C1. The average molecular weight is 587 g/mol. The molecule has 42 heavy (non-hydrogen) atoms. The van der Waals surface area contributed by atoms with Crippen LogP contribution in [0.2, 0.25) is 0 Å². The number of ether oxygens (including phenoxy) is 2. The van der Waals surface area contributed by atoms with Crippen molar-refractivity contribution in [3.05, 3.63) is 47.7 Å². The molecule has 2 aromatic rings. The van der Waals surface area contributed by atoms with E-state index in [1.165, 1.54) is 4.90 Å². The first kappa shape index (κ1) is 30.2. The number of benzene rings is 1. The second-order valence-corrected chi connectivity index (χ2v) is 13.1. The number of hydroxylamine groups is 2. The lowest BCUT2D eigenvalue weighted by Crippen LogP contribution is -2.63. The van der Waals surface area contributed by atoms with E-state index in [1.54, 1.807) is 30.7 Å². The summed E-state index contributed by atoms with van der Waals surface area (Å²) in [6.45, 7) is 12.4. The van der Waals surface area contributed by atoms with E-state index in [-0.39, 0.29) is 30.6 Å². The summed E-state index contributed by atoms with van der Waals surface area (Å²) in [5, 5.41) is 21.3. The molecule has 0 spiro atoms. The van der Waals surface area contributed by atoms with Gasteiger partial charge < -0.3 is 23.9 Å². The molecule has 3 fully saturated rings. The lowest BCUT2D eigenvalue weighted by molar-refractivity contribution is -0.266. The number of amides is 2. The van der Waals surface area contributed by atoms with Crippen molar-refractivity contribution in [2.24, 2.45) is 0 Å². The fraction of sp³-hybridized carbons (Fsp3) is 0.655. The van der Waals surface area contributed by atoms with E-state index in [2.05, 4.69) is 10.2 Å². The Balaban J connectivity index is 1.23. The van der Waals surface area contributed by atoms with E-state index in [1.807, 2.05) is 56.0 Å². The van der Waals surface area contributed by atoms with Crippen molar-refractivity contribution in [2.75, 3.05) is 19.6 Å². The predicted molar refractivity (Wildman–Crippen MR) is 149 cm³/mol. The number of hydrogen-bond acceptors (Lipinski definition) is 11. The fourth-order valence-electron chi connectivity index (χ4n) is 5.34. The van der Waals surface area contributed by atoms with E-state index in [0.717, 1.165) is 12.0 Å². The second kappa shape index (κ2) is 11.8. The van der Waals surface area contributed by atoms with Crippen LogP contribution in [0.15, 0.2) is 34.7 Å². The highest BCUT2D eigenvalue weighted by Gasteiger charge is 2.48. The Bertz CT molecular complexity index is 1240. The molecule has 4 heterocycles. The molecule has 1 aromatic heterocycles. The Morgan fingerprint density at radius 3 is 2.36 bits per heavy atom. The number of fused-ring (bicyclic) bond motifs is 2. The number of aliphatic hydroxyl groups excluding tert-OH is 1. The summed E-state index contributed by atoms with van der Waals surface area (Å²) < 4.78 is 17.2. The minimum Gasteiger partial charge on any atom is -0.444 e. The maximum Gasteiger partial charge on any atom is 0.411 e. The summed E-state index contributed by atoms with van der Waals surface area (Å²) in [4.78, 5) is 36.6. The van der Waals surface area contributed by atoms with Crippen LogP contribution in [0, 0.1) is 0 Å². The zero-order valence-electron chi connectivity index (χ0n) is 25.2. The lowest BCUT2D eigenvalue weighted by Gasteiger charge is -2.44. The minimum absolute atomic E-state index is 0.0267. The average Bonchev–Trinajstić information content (AvgIpc) is 3.43. The van der Waals surface area contributed by atoms with E-state index < -0.39 is 29.7 Å². The van der Waals surface area contributed by atoms with Crippen LogP contribution in [-0.4, -0.2) is 96.5 Å². The highest BCUT2D eigenvalue weighted by Crippen LogP contribution is 2.39. The molecule has 2 amide bonds. The van der Waals surface area contributed by atoms with Gasteiger partial charge >= 0.3 is 12.2 Å². The minimum atomic E-state index is -0.950. The number of rotatable bonds is 7. The second-order valence-electron chi connectivity index (χ2n) is 13.1. The van der Waals surface area contributed by atoms with Gasteiger partial charge in [0.05, 0.1) is 24.7 Å². The van der Waals surface area contributed by atoms with Crippen LogP contribution in [0.25, 0.3) is 0 Å².